The number of ether oxygens (including phenoxy) is 1. The highest BCUT2D eigenvalue weighted by molar-refractivity contribution is 7.13. The molecule has 128 valence electrons. The summed E-state index contributed by atoms with van der Waals surface area (Å²) in [6, 6.07) is 4.77. The summed E-state index contributed by atoms with van der Waals surface area (Å²) >= 11 is 1.31. The minimum atomic E-state index is -0.352. The van der Waals surface area contributed by atoms with Gasteiger partial charge in [0.05, 0.1) is 29.1 Å². The zero-order chi connectivity index (χ0) is 17.3. The number of anilines is 2. The number of carbonyl (C=O) groups excluding carboxylic acids is 1. The fraction of sp³-hybridized carbons (Fsp3) is 0.412. The Morgan fingerprint density at radius 1 is 1.38 bits per heavy atom. The number of benzene rings is 1. The van der Waals surface area contributed by atoms with Crippen LogP contribution in [0.25, 0.3) is 0 Å². The quantitative estimate of drug-likeness (QED) is 0.922. The highest BCUT2D eigenvalue weighted by Crippen LogP contribution is 2.26. The Bertz CT molecular complexity index is 739. The lowest BCUT2D eigenvalue weighted by Gasteiger charge is -2.37. The highest BCUT2D eigenvalue weighted by Gasteiger charge is 2.24. The van der Waals surface area contributed by atoms with E-state index < -0.39 is 0 Å². The molecule has 0 unspecified atom stereocenters. The summed E-state index contributed by atoms with van der Waals surface area (Å²) in [5.74, 6) is -0.629. The Hall–Kier alpha value is -1.99. The van der Waals surface area contributed by atoms with Crippen LogP contribution >= 0.6 is 11.3 Å². The monoisotopic (exact) mass is 349 g/mol. The SMILES string of the molecule is Cc1ncc(C(=O)Nc2ccc(N3C[C@@H](C)O[C@H](C)C3)c(F)c2)s1. The van der Waals surface area contributed by atoms with E-state index in [9.17, 15) is 9.18 Å². The lowest BCUT2D eigenvalue weighted by molar-refractivity contribution is -0.00539. The number of thiazole rings is 1. The maximum Gasteiger partial charge on any atom is 0.267 e. The highest BCUT2D eigenvalue weighted by atomic mass is 32.1. The minimum absolute atomic E-state index is 0.0575. The van der Waals surface area contributed by atoms with Gasteiger partial charge in [-0.3, -0.25) is 4.79 Å². The average molecular weight is 349 g/mol. The van der Waals surface area contributed by atoms with Gasteiger partial charge in [-0.1, -0.05) is 0 Å². The lowest BCUT2D eigenvalue weighted by Crippen LogP contribution is -2.45. The summed E-state index contributed by atoms with van der Waals surface area (Å²) in [7, 11) is 0. The number of amides is 1. The van der Waals surface area contributed by atoms with Crippen LogP contribution < -0.4 is 10.2 Å². The molecule has 0 spiro atoms. The molecule has 1 saturated heterocycles. The molecule has 0 saturated carbocycles. The third kappa shape index (κ3) is 3.73. The lowest BCUT2D eigenvalue weighted by atomic mass is 10.2. The summed E-state index contributed by atoms with van der Waals surface area (Å²) in [5.41, 5.74) is 0.963. The zero-order valence-electron chi connectivity index (χ0n) is 13.9. The van der Waals surface area contributed by atoms with Crippen LogP contribution in [0.5, 0.6) is 0 Å². The molecule has 0 radical (unpaired) electrons. The van der Waals surface area contributed by atoms with E-state index in [0.717, 1.165) is 5.01 Å². The molecule has 5 nitrogen and oxygen atoms in total. The number of rotatable bonds is 3. The normalized spacial score (nSPS) is 20.9. The number of aryl methyl sites for hydroxylation is 1. The first kappa shape index (κ1) is 16.9. The van der Waals surface area contributed by atoms with Gasteiger partial charge in [-0.2, -0.15) is 0 Å². The van der Waals surface area contributed by atoms with E-state index in [1.807, 2.05) is 25.7 Å². The van der Waals surface area contributed by atoms with Crippen LogP contribution in [-0.2, 0) is 4.74 Å². The van der Waals surface area contributed by atoms with Crippen molar-refractivity contribution in [1.29, 1.82) is 0 Å². The smallest absolute Gasteiger partial charge is 0.267 e. The van der Waals surface area contributed by atoms with E-state index in [1.165, 1.54) is 23.6 Å². The topological polar surface area (TPSA) is 54.5 Å². The largest absolute Gasteiger partial charge is 0.372 e. The second-order valence-electron chi connectivity index (χ2n) is 6.03. The maximum atomic E-state index is 14.5. The molecule has 1 aromatic heterocycles. The number of hydrogen-bond donors (Lipinski definition) is 1. The first-order chi connectivity index (χ1) is 11.4. The first-order valence-electron chi connectivity index (χ1n) is 7.86. The Labute approximate surface area is 144 Å². The van der Waals surface area contributed by atoms with Crippen molar-refractivity contribution >= 4 is 28.6 Å². The van der Waals surface area contributed by atoms with Crippen LogP contribution in [0.1, 0.15) is 28.5 Å². The van der Waals surface area contributed by atoms with Gasteiger partial charge in [0.15, 0.2) is 0 Å². The average Bonchev–Trinajstić information content (AvgIpc) is 2.93. The van der Waals surface area contributed by atoms with Crippen molar-refractivity contribution < 1.29 is 13.9 Å². The molecule has 3 rings (SSSR count). The number of aromatic nitrogens is 1. The number of halogens is 1. The van der Waals surface area contributed by atoms with Crippen molar-refractivity contribution in [2.45, 2.75) is 33.0 Å². The maximum absolute atomic E-state index is 14.5. The number of carbonyl (C=O) groups is 1. The molecule has 1 aromatic carbocycles. The Morgan fingerprint density at radius 3 is 2.67 bits per heavy atom. The third-order valence-electron chi connectivity index (χ3n) is 3.81. The number of nitrogens with zero attached hydrogens (tertiary/aromatic N) is 2. The molecule has 0 aliphatic carbocycles. The van der Waals surface area contributed by atoms with Gasteiger partial charge in [0.25, 0.3) is 5.91 Å². The molecular formula is C17H20FN3O2S. The molecule has 2 heterocycles. The number of morpholine rings is 1. The van der Waals surface area contributed by atoms with Crippen molar-refractivity contribution in [3.8, 4) is 0 Å². The van der Waals surface area contributed by atoms with Crippen LogP contribution in [0.4, 0.5) is 15.8 Å². The Morgan fingerprint density at radius 2 is 2.08 bits per heavy atom. The Kier molecular flexibility index (Phi) is 4.82. The fourth-order valence-electron chi connectivity index (χ4n) is 2.87. The second kappa shape index (κ2) is 6.86. The van der Waals surface area contributed by atoms with Gasteiger partial charge < -0.3 is 15.0 Å². The summed E-state index contributed by atoms with van der Waals surface area (Å²) in [6.07, 6.45) is 1.64. The molecule has 1 fully saturated rings. The molecule has 24 heavy (non-hydrogen) atoms. The number of hydrogen-bond acceptors (Lipinski definition) is 5. The third-order valence-corrected chi connectivity index (χ3v) is 4.72. The summed E-state index contributed by atoms with van der Waals surface area (Å²) < 4.78 is 20.2. The van der Waals surface area contributed by atoms with Gasteiger partial charge >= 0.3 is 0 Å². The predicted molar refractivity (Wildman–Crippen MR) is 93.4 cm³/mol. The van der Waals surface area contributed by atoms with Gasteiger partial charge in [0.1, 0.15) is 10.7 Å². The van der Waals surface area contributed by atoms with Crippen molar-refractivity contribution in [2.75, 3.05) is 23.3 Å². The zero-order valence-corrected chi connectivity index (χ0v) is 14.7. The van der Waals surface area contributed by atoms with Crippen molar-refractivity contribution in [1.82, 2.24) is 4.98 Å². The van der Waals surface area contributed by atoms with Gasteiger partial charge in [-0.15, -0.1) is 11.3 Å². The van der Waals surface area contributed by atoms with Gasteiger partial charge in [0, 0.05) is 18.8 Å². The molecule has 0 bridgehead atoms. The van der Waals surface area contributed by atoms with Crippen LogP contribution in [0.3, 0.4) is 0 Å². The van der Waals surface area contributed by atoms with Gasteiger partial charge in [-0.05, 0) is 39.0 Å². The molecule has 1 aliphatic rings. The van der Waals surface area contributed by atoms with Crippen LogP contribution in [0, 0.1) is 12.7 Å². The van der Waals surface area contributed by atoms with Crippen LogP contribution in [-0.4, -0.2) is 36.2 Å². The van der Waals surface area contributed by atoms with E-state index in [2.05, 4.69) is 10.3 Å². The van der Waals surface area contributed by atoms with E-state index in [0.29, 0.717) is 29.3 Å². The Balaban J connectivity index is 1.74. The van der Waals surface area contributed by atoms with Crippen molar-refractivity contribution in [2.24, 2.45) is 0 Å². The predicted octanol–water partition coefficient (Wildman–Crippen LogP) is 3.46. The van der Waals surface area contributed by atoms with Gasteiger partial charge in [0.2, 0.25) is 0 Å². The number of nitrogens with one attached hydrogen (secondary N) is 1. The van der Waals surface area contributed by atoms with Crippen LogP contribution in [0.2, 0.25) is 0 Å². The summed E-state index contributed by atoms with van der Waals surface area (Å²) in [4.78, 5) is 18.7. The second-order valence-corrected chi connectivity index (χ2v) is 7.26. The van der Waals surface area contributed by atoms with Crippen molar-refractivity contribution in [3.05, 3.63) is 40.1 Å². The summed E-state index contributed by atoms with van der Waals surface area (Å²) in [5, 5.41) is 3.53. The van der Waals surface area contributed by atoms with Crippen molar-refractivity contribution in [3.63, 3.8) is 0 Å². The molecule has 1 aliphatic heterocycles. The van der Waals surface area contributed by atoms with E-state index in [1.54, 1.807) is 12.1 Å². The molecule has 2 aromatic rings. The van der Waals surface area contributed by atoms with E-state index >= 15 is 0 Å². The van der Waals surface area contributed by atoms with E-state index in [4.69, 9.17) is 4.74 Å². The van der Waals surface area contributed by atoms with Crippen LogP contribution in [0.15, 0.2) is 24.4 Å². The molecule has 2 atom stereocenters. The minimum Gasteiger partial charge on any atom is -0.372 e. The fourth-order valence-corrected chi connectivity index (χ4v) is 3.55. The standard InChI is InChI=1S/C17H20FN3O2S/c1-10-8-21(9-11(2)23-10)15-5-4-13(6-14(15)18)20-17(22)16-7-19-12(3)24-16/h4-7,10-11H,8-9H2,1-3H3,(H,20,22)/t10-,11-/m1/s1. The molecule has 7 heteroatoms. The first-order valence-corrected chi connectivity index (χ1v) is 8.68. The van der Waals surface area contributed by atoms with E-state index in [-0.39, 0.29) is 23.9 Å². The summed E-state index contributed by atoms with van der Waals surface area (Å²) in [6.45, 7) is 7.08. The van der Waals surface area contributed by atoms with Gasteiger partial charge in [-0.25, -0.2) is 9.37 Å². The molecule has 1 amide bonds. The molecule has 1 N–H and O–H groups in total. The molecular weight excluding hydrogens is 329 g/mol.